The molecule has 7 heteroatoms. The van der Waals surface area contributed by atoms with Gasteiger partial charge in [0.25, 0.3) is 0 Å². The molecule has 1 aromatic heterocycles. The molecule has 1 heterocycles. The summed E-state index contributed by atoms with van der Waals surface area (Å²) in [7, 11) is 0. The largest absolute Gasteiger partial charge is 0.352 e. The second-order valence-corrected chi connectivity index (χ2v) is 7.27. The van der Waals surface area contributed by atoms with Crippen LogP contribution < -0.4 is 16.1 Å². The Kier molecular flexibility index (Phi) is 6.95. The van der Waals surface area contributed by atoms with E-state index in [9.17, 15) is 14.4 Å². The summed E-state index contributed by atoms with van der Waals surface area (Å²) in [5, 5.41) is 10.5. The molecule has 0 saturated carbocycles. The van der Waals surface area contributed by atoms with Crippen LogP contribution in [0.3, 0.4) is 0 Å². The van der Waals surface area contributed by atoms with E-state index >= 15 is 0 Å². The van der Waals surface area contributed by atoms with E-state index in [1.807, 2.05) is 50.2 Å². The van der Waals surface area contributed by atoms with Gasteiger partial charge in [0.05, 0.1) is 18.3 Å². The van der Waals surface area contributed by atoms with Gasteiger partial charge in [-0.25, -0.2) is 0 Å². The van der Waals surface area contributed by atoms with Crippen LogP contribution in [0.2, 0.25) is 0 Å². The van der Waals surface area contributed by atoms with Crippen LogP contribution in [0.5, 0.6) is 0 Å². The van der Waals surface area contributed by atoms with Crippen molar-refractivity contribution in [3.8, 4) is 0 Å². The number of fused-ring (bicyclic) bond motifs is 1. The van der Waals surface area contributed by atoms with Crippen LogP contribution in [0.15, 0.2) is 59.5 Å². The van der Waals surface area contributed by atoms with Gasteiger partial charge in [-0.3, -0.25) is 19.1 Å². The number of hydrogen-bond donors (Lipinski definition) is 2. The molecular weight excluding hydrogens is 380 g/mol. The Morgan fingerprint density at radius 1 is 1.13 bits per heavy atom. The van der Waals surface area contributed by atoms with Crippen molar-refractivity contribution >= 4 is 28.4 Å². The Morgan fingerprint density at radius 2 is 1.93 bits per heavy atom. The number of nitrogens with one attached hydrogen (secondary N) is 2. The van der Waals surface area contributed by atoms with Crippen LogP contribution in [-0.2, 0) is 22.7 Å². The Balaban J connectivity index is 1.56. The monoisotopic (exact) mass is 406 g/mol. The Morgan fingerprint density at radius 3 is 2.73 bits per heavy atom. The molecule has 2 aromatic carbocycles. The molecular formula is C23H26N4O3. The number of aryl methyl sites for hydroxylation is 1. The van der Waals surface area contributed by atoms with Crippen LogP contribution in [0.25, 0.3) is 10.9 Å². The molecule has 0 spiro atoms. The first-order valence-corrected chi connectivity index (χ1v) is 10.1. The molecule has 7 nitrogen and oxygen atoms in total. The molecule has 156 valence electrons. The van der Waals surface area contributed by atoms with Gasteiger partial charge in [0, 0.05) is 30.0 Å². The zero-order valence-electron chi connectivity index (χ0n) is 17.2. The molecule has 3 aromatic rings. The summed E-state index contributed by atoms with van der Waals surface area (Å²) in [6.45, 7) is 4.60. The first-order chi connectivity index (χ1) is 14.5. The van der Waals surface area contributed by atoms with Gasteiger partial charge in [-0.1, -0.05) is 38.1 Å². The summed E-state index contributed by atoms with van der Waals surface area (Å²) >= 11 is 0. The van der Waals surface area contributed by atoms with E-state index < -0.39 is 0 Å². The maximum atomic E-state index is 12.3. The third-order valence-electron chi connectivity index (χ3n) is 5.06. The maximum Gasteiger partial charge on any atom is 0.227 e. The molecule has 0 aliphatic rings. The van der Waals surface area contributed by atoms with Gasteiger partial charge in [0.2, 0.25) is 17.2 Å². The molecule has 0 bridgehead atoms. The van der Waals surface area contributed by atoms with Crippen molar-refractivity contribution in [3.05, 3.63) is 70.5 Å². The van der Waals surface area contributed by atoms with Gasteiger partial charge < -0.3 is 10.6 Å². The summed E-state index contributed by atoms with van der Waals surface area (Å²) < 4.78 is 1.67. The fourth-order valence-corrected chi connectivity index (χ4v) is 3.05. The minimum atomic E-state index is -0.133. The fourth-order valence-electron chi connectivity index (χ4n) is 3.05. The van der Waals surface area contributed by atoms with Crippen molar-refractivity contribution in [2.75, 3.05) is 5.32 Å². The lowest BCUT2D eigenvalue weighted by Gasteiger charge is -2.12. The van der Waals surface area contributed by atoms with E-state index in [-0.39, 0.29) is 29.6 Å². The van der Waals surface area contributed by atoms with Gasteiger partial charge in [-0.15, -0.1) is 0 Å². The number of rotatable bonds is 8. The zero-order chi connectivity index (χ0) is 21.5. The summed E-state index contributed by atoms with van der Waals surface area (Å²) in [5.74, 6) is -0.181. The average molecular weight is 406 g/mol. The minimum absolute atomic E-state index is 0.0143. The van der Waals surface area contributed by atoms with Crippen molar-refractivity contribution in [1.29, 1.82) is 0 Å². The average Bonchev–Trinajstić information content (AvgIpc) is 2.77. The highest BCUT2D eigenvalue weighted by molar-refractivity contribution is 5.92. The number of carbonyl (C=O) groups is 2. The Labute approximate surface area is 175 Å². The van der Waals surface area contributed by atoms with E-state index in [1.54, 1.807) is 16.8 Å². The zero-order valence-corrected chi connectivity index (χ0v) is 17.2. The second-order valence-electron chi connectivity index (χ2n) is 7.27. The van der Waals surface area contributed by atoms with E-state index in [1.165, 1.54) is 6.20 Å². The lowest BCUT2D eigenvalue weighted by atomic mass is 10.1. The molecule has 1 unspecified atom stereocenters. The number of nitrogens with zero attached hydrogens (tertiary/aromatic N) is 2. The Bertz CT molecular complexity index is 1110. The number of benzene rings is 2. The summed E-state index contributed by atoms with van der Waals surface area (Å²) in [4.78, 5) is 36.2. The third-order valence-corrected chi connectivity index (χ3v) is 5.06. The lowest BCUT2D eigenvalue weighted by Crippen LogP contribution is -2.25. The number of aromatic nitrogens is 2. The first-order valence-electron chi connectivity index (χ1n) is 10.1. The molecule has 0 fully saturated rings. The number of para-hydroxylation sites is 1. The van der Waals surface area contributed by atoms with Crippen LogP contribution >= 0.6 is 0 Å². The van der Waals surface area contributed by atoms with Gasteiger partial charge in [0.1, 0.15) is 0 Å². The molecule has 3 rings (SSSR count). The smallest absolute Gasteiger partial charge is 0.227 e. The maximum absolute atomic E-state index is 12.3. The van der Waals surface area contributed by atoms with Gasteiger partial charge in [0.15, 0.2) is 0 Å². The van der Waals surface area contributed by atoms with Crippen molar-refractivity contribution in [1.82, 2.24) is 15.1 Å². The van der Waals surface area contributed by atoms with E-state index in [0.29, 0.717) is 24.0 Å². The van der Waals surface area contributed by atoms with E-state index in [2.05, 4.69) is 15.7 Å². The van der Waals surface area contributed by atoms with Crippen molar-refractivity contribution < 1.29 is 9.59 Å². The molecule has 0 aliphatic carbocycles. The van der Waals surface area contributed by atoms with Crippen LogP contribution in [0.1, 0.15) is 32.3 Å². The van der Waals surface area contributed by atoms with Crippen molar-refractivity contribution in [3.63, 3.8) is 0 Å². The van der Waals surface area contributed by atoms with Gasteiger partial charge in [-0.2, -0.15) is 5.10 Å². The quantitative estimate of drug-likeness (QED) is 0.601. The first kappa shape index (κ1) is 21.2. The van der Waals surface area contributed by atoms with E-state index in [4.69, 9.17) is 0 Å². The van der Waals surface area contributed by atoms with Gasteiger partial charge >= 0.3 is 0 Å². The van der Waals surface area contributed by atoms with Crippen LogP contribution in [0, 0.1) is 5.92 Å². The van der Waals surface area contributed by atoms with Crippen molar-refractivity contribution in [2.45, 2.75) is 39.8 Å². The highest BCUT2D eigenvalue weighted by atomic mass is 16.2. The molecule has 1 atom stereocenters. The molecule has 0 radical (unpaired) electrons. The summed E-state index contributed by atoms with van der Waals surface area (Å²) in [6.07, 6.45) is 2.30. The topological polar surface area (TPSA) is 93.1 Å². The molecule has 30 heavy (non-hydrogen) atoms. The number of anilines is 1. The summed E-state index contributed by atoms with van der Waals surface area (Å²) in [6, 6.07) is 14.7. The Hall–Kier alpha value is -3.48. The number of carbonyl (C=O) groups excluding carboxylic acids is 2. The normalized spacial score (nSPS) is 11.8. The number of hydrogen-bond acceptors (Lipinski definition) is 4. The third kappa shape index (κ3) is 5.31. The lowest BCUT2D eigenvalue weighted by molar-refractivity contribution is -0.121. The minimum Gasteiger partial charge on any atom is -0.352 e. The highest BCUT2D eigenvalue weighted by Gasteiger charge is 2.11. The molecule has 2 amide bonds. The molecule has 2 N–H and O–H groups in total. The molecule has 0 saturated heterocycles. The fraction of sp³-hybridized carbons (Fsp3) is 0.304. The van der Waals surface area contributed by atoms with E-state index in [0.717, 1.165) is 17.7 Å². The highest BCUT2D eigenvalue weighted by Crippen LogP contribution is 2.13. The number of amides is 2. The second kappa shape index (κ2) is 9.82. The van der Waals surface area contributed by atoms with Gasteiger partial charge in [-0.05, 0) is 36.2 Å². The summed E-state index contributed by atoms with van der Waals surface area (Å²) in [5.41, 5.74) is 2.20. The van der Waals surface area contributed by atoms with Crippen molar-refractivity contribution in [2.24, 2.45) is 5.92 Å². The molecule has 0 aliphatic heterocycles. The predicted molar refractivity (Wildman–Crippen MR) is 117 cm³/mol. The predicted octanol–water partition coefficient (Wildman–Crippen LogP) is 3.09. The SMILES string of the molecule is CCC(C)C(=O)Nc1cccc(CNC(=O)CCn2ncc(=O)c3ccccc32)c1. The van der Waals surface area contributed by atoms with Crippen LogP contribution in [0.4, 0.5) is 5.69 Å². The standard InChI is InChI=1S/C23H26N4O3/c1-3-16(2)23(30)26-18-8-6-7-17(13-18)14-24-22(29)11-12-27-20-10-5-4-9-19(20)21(28)15-25-27/h4-10,13,15-16H,3,11-12,14H2,1-2H3,(H,24,29)(H,26,30). The van der Waals surface area contributed by atoms with Crippen LogP contribution in [-0.4, -0.2) is 21.6 Å².